The molecule has 0 bridgehead atoms. The highest BCUT2D eigenvalue weighted by Crippen LogP contribution is 2.55. The third-order valence-corrected chi connectivity index (χ3v) is 7.97. The summed E-state index contributed by atoms with van der Waals surface area (Å²) >= 11 is 0. The van der Waals surface area contributed by atoms with E-state index < -0.39 is 83.8 Å². The lowest BCUT2D eigenvalue weighted by atomic mass is 9.77. The van der Waals surface area contributed by atoms with Crippen LogP contribution in [0.4, 0.5) is 36.4 Å². The van der Waals surface area contributed by atoms with Gasteiger partial charge >= 0.3 is 6.18 Å². The van der Waals surface area contributed by atoms with Crippen molar-refractivity contribution in [3.8, 4) is 5.75 Å². The first-order valence-corrected chi connectivity index (χ1v) is 12.9. The SMILES string of the molecule is COc1c([C@H]2[C@H](C(=O)Nc3ccnc(C(=O)NC[C@@H]4CC(F)(F)CN4C)c3)O[C@@](C)(C(F)(F)F)[C@H]2C)ccc(F)c1F. The highest BCUT2D eigenvalue weighted by atomic mass is 19.4. The average Bonchev–Trinajstić information content (AvgIpc) is 3.34. The first kappa shape index (κ1) is 31.5. The highest BCUT2D eigenvalue weighted by molar-refractivity contribution is 5.97. The Morgan fingerprint density at radius 3 is 2.50 bits per heavy atom. The Labute approximate surface area is 236 Å². The molecule has 2 N–H and O–H groups in total. The van der Waals surface area contributed by atoms with Crippen LogP contribution >= 0.6 is 0 Å². The molecule has 4 rings (SSSR count). The van der Waals surface area contributed by atoms with Crippen LogP contribution in [-0.2, 0) is 9.53 Å². The standard InChI is InChI=1S/C27H29F7N4O4/c1-13-19(16-5-6-17(28)20(29)21(16)41-4)22(42-25(13,2)27(32,33)34)24(40)37-14-7-8-35-18(9-14)23(39)36-11-15-10-26(30,31)12-38(15)3/h5-9,13,15,19,22H,10-12H2,1-4H3,(H,36,39)(H,35,37,40)/t13-,15-,19-,22+,25+/m0/s1. The molecule has 5 atom stereocenters. The predicted octanol–water partition coefficient (Wildman–Crippen LogP) is 4.52. The molecule has 0 aliphatic carbocycles. The molecule has 2 aliphatic rings. The fraction of sp³-hybridized carbons (Fsp3) is 0.519. The summed E-state index contributed by atoms with van der Waals surface area (Å²) in [5.74, 6) is -10.9. The largest absolute Gasteiger partial charge is 0.493 e. The van der Waals surface area contributed by atoms with Crippen LogP contribution in [0.25, 0.3) is 0 Å². The number of anilines is 1. The molecule has 0 unspecified atom stereocenters. The van der Waals surface area contributed by atoms with Crippen molar-refractivity contribution in [2.24, 2.45) is 5.92 Å². The van der Waals surface area contributed by atoms with E-state index in [9.17, 15) is 40.3 Å². The van der Waals surface area contributed by atoms with Gasteiger partial charge in [0.25, 0.3) is 17.7 Å². The van der Waals surface area contributed by atoms with Gasteiger partial charge in [0, 0.05) is 48.3 Å². The smallest absolute Gasteiger partial charge is 0.417 e. The van der Waals surface area contributed by atoms with Crippen LogP contribution in [-0.4, -0.2) is 78.8 Å². The number of hydrogen-bond acceptors (Lipinski definition) is 6. The third-order valence-electron chi connectivity index (χ3n) is 7.97. The second kappa shape index (κ2) is 11.3. The number of likely N-dealkylation sites (tertiary alicyclic amines) is 1. The molecule has 2 fully saturated rings. The number of benzene rings is 1. The number of nitrogens with one attached hydrogen (secondary N) is 2. The summed E-state index contributed by atoms with van der Waals surface area (Å²) in [6, 6.07) is 3.57. The van der Waals surface area contributed by atoms with Gasteiger partial charge < -0.3 is 20.1 Å². The number of aromatic nitrogens is 1. The Morgan fingerprint density at radius 1 is 1.21 bits per heavy atom. The van der Waals surface area contributed by atoms with Crippen LogP contribution in [0.5, 0.6) is 5.75 Å². The van der Waals surface area contributed by atoms with Crippen molar-refractivity contribution in [3.05, 3.63) is 53.4 Å². The van der Waals surface area contributed by atoms with E-state index in [0.717, 1.165) is 38.4 Å². The Hall–Kier alpha value is -3.46. The lowest BCUT2D eigenvalue weighted by Crippen LogP contribution is -2.47. The number of likely N-dealkylation sites (N-methyl/N-ethyl adjacent to an activating group) is 1. The van der Waals surface area contributed by atoms with Crippen molar-refractivity contribution in [1.82, 2.24) is 15.2 Å². The van der Waals surface area contributed by atoms with Gasteiger partial charge in [-0.3, -0.25) is 19.5 Å². The molecule has 1 aromatic heterocycles. The van der Waals surface area contributed by atoms with Gasteiger partial charge in [0.1, 0.15) is 11.8 Å². The fourth-order valence-corrected chi connectivity index (χ4v) is 5.47. The van der Waals surface area contributed by atoms with Crippen LogP contribution in [0.15, 0.2) is 30.5 Å². The monoisotopic (exact) mass is 606 g/mol. The summed E-state index contributed by atoms with van der Waals surface area (Å²) in [6.07, 6.45) is -6.05. The zero-order valence-electron chi connectivity index (χ0n) is 23.0. The Bertz CT molecular complexity index is 1360. The summed E-state index contributed by atoms with van der Waals surface area (Å²) in [5, 5.41) is 4.91. The van der Waals surface area contributed by atoms with Crippen molar-refractivity contribution in [3.63, 3.8) is 0 Å². The molecular formula is C27H29F7N4O4. The quantitative estimate of drug-likeness (QED) is 0.451. The summed E-state index contributed by atoms with van der Waals surface area (Å²) in [4.78, 5) is 31.4. The van der Waals surface area contributed by atoms with Crippen molar-refractivity contribution >= 4 is 17.5 Å². The van der Waals surface area contributed by atoms with Crippen LogP contribution in [0, 0.1) is 17.6 Å². The Balaban J connectivity index is 1.57. The fourth-order valence-electron chi connectivity index (χ4n) is 5.47. The maximum Gasteiger partial charge on any atom is 0.417 e. The van der Waals surface area contributed by atoms with E-state index in [0.29, 0.717) is 0 Å². The summed E-state index contributed by atoms with van der Waals surface area (Å²) in [5.41, 5.74) is -3.27. The molecule has 42 heavy (non-hydrogen) atoms. The van der Waals surface area contributed by atoms with Crippen molar-refractivity contribution < 1.29 is 49.8 Å². The van der Waals surface area contributed by atoms with E-state index in [1.54, 1.807) is 0 Å². The number of pyridine rings is 1. The second-order valence-electron chi connectivity index (χ2n) is 10.7. The van der Waals surface area contributed by atoms with Crippen LogP contribution in [0.1, 0.15) is 42.2 Å². The molecule has 2 saturated heterocycles. The lowest BCUT2D eigenvalue weighted by Gasteiger charge is -2.32. The minimum absolute atomic E-state index is 0.0301. The number of amides is 2. The topological polar surface area (TPSA) is 92.8 Å². The van der Waals surface area contributed by atoms with Gasteiger partial charge in [-0.05, 0) is 32.2 Å². The summed E-state index contributed by atoms with van der Waals surface area (Å²) < 4.78 is 108. The molecule has 0 saturated carbocycles. The number of carbonyl (C=O) groups is 2. The molecule has 230 valence electrons. The Morgan fingerprint density at radius 2 is 1.90 bits per heavy atom. The summed E-state index contributed by atoms with van der Waals surface area (Å²) in [7, 11) is 2.52. The van der Waals surface area contributed by atoms with Crippen molar-refractivity contribution in [1.29, 1.82) is 0 Å². The molecule has 8 nitrogen and oxygen atoms in total. The van der Waals surface area contributed by atoms with E-state index in [2.05, 4.69) is 15.6 Å². The average molecular weight is 607 g/mol. The molecule has 3 heterocycles. The normalized spacial score (nSPS) is 27.6. The maximum atomic E-state index is 14.5. The van der Waals surface area contributed by atoms with Gasteiger partial charge in [0.15, 0.2) is 17.2 Å². The van der Waals surface area contributed by atoms with Crippen molar-refractivity contribution in [2.45, 2.75) is 56.0 Å². The van der Waals surface area contributed by atoms with E-state index >= 15 is 0 Å². The van der Waals surface area contributed by atoms with Crippen LogP contribution in [0.2, 0.25) is 0 Å². The predicted molar refractivity (Wildman–Crippen MR) is 135 cm³/mol. The number of rotatable bonds is 7. The molecule has 0 spiro atoms. The number of methoxy groups -OCH3 is 1. The van der Waals surface area contributed by atoms with E-state index in [-0.39, 0.29) is 23.5 Å². The van der Waals surface area contributed by atoms with E-state index in [1.807, 2.05) is 0 Å². The number of nitrogens with zero attached hydrogens (tertiary/aromatic N) is 2. The zero-order valence-corrected chi connectivity index (χ0v) is 23.0. The van der Waals surface area contributed by atoms with E-state index in [4.69, 9.17) is 9.47 Å². The van der Waals surface area contributed by atoms with Crippen LogP contribution < -0.4 is 15.4 Å². The molecule has 1 aromatic carbocycles. The van der Waals surface area contributed by atoms with Gasteiger partial charge in [-0.1, -0.05) is 13.0 Å². The molecule has 2 amide bonds. The molecule has 15 heteroatoms. The number of hydrogen-bond donors (Lipinski definition) is 2. The molecule has 0 radical (unpaired) electrons. The first-order chi connectivity index (χ1) is 19.5. The van der Waals surface area contributed by atoms with Gasteiger partial charge in [-0.25, -0.2) is 13.2 Å². The third kappa shape index (κ3) is 5.89. The maximum absolute atomic E-state index is 14.5. The summed E-state index contributed by atoms with van der Waals surface area (Å²) in [6.45, 7) is 1.40. The van der Waals surface area contributed by atoms with Crippen LogP contribution in [0.3, 0.4) is 0 Å². The molecule has 2 aliphatic heterocycles. The number of alkyl halides is 5. The minimum Gasteiger partial charge on any atom is -0.493 e. The first-order valence-electron chi connectivity index (χ1n) is 12.9. The number of ether oxygens (including phenoxy) is 2. The van der Waals surface area contributed by atoms with Gasteiger partial charge in [0.2, 0.25) is 5.82 Å². The van der Waals surface area contributed by atoms with Gasteiger partial charge in [-0.2, -0.15) is 17.6 Å². The van der Waals surface area contributed by atoms with Crippen molar-refractivity contribution in [2.75, 3.05) is 32.6 Å². The highest BCUT2D eigenvalue weighted by Gasteiger charge is 2.66. The lowest BCUT2D eigenvalue weighted by molar-refractivity contribution is -0.272. The second-order valence-corrected chi connectivity index (χ2v) is 10.7. The zero-order chi connectivity index (χ0) is 31.2. The Kier molecular flexibility index (Phi) is 8.48. The van der Waals surface area contributed by atoms with Gasteiger partial charge in [-0.15, -0.1) is 0 Å². The molecular weight excluding hydrogens is 577 g/mol. The number of halogens is 7. The molecule has 2 aromatic rings. The number of carbonyl (C=O) groups excluding carboxylic acids is 2. The minimum atomic E-state index is -4.94. The van der Waals surface area contributed by atoms with E-state index in [1.165, 1.54) is 24.9 Å². The van der Waals surface area contributed by atoms with Gasteiger partial charge in [0.05, 0.1) is 13.7 Å².